The van der Waals surface area contributed by atoms with Crippen molar-refractivity contribution in [1.82, 2.24) is 0 Å². The Bertz CT molecular complexity index is 358. The van der Waals surface area contributed by atoms with Crippen LogP contribution in [0.5, 0.6) is 0 Å². The van der Waals surface area contributed by atoms with Crippen LogP contribution in [0.4, 0.5) is 0 Å². The molecule has 0 fully saturated rings. The highest BCUT2D eigenvalue weighted by atomic mass is 16.5. The Kier molecular flexibility index (Phi) is 1.91. The van der Waals surface area contributed by atoms with Crippen LogP contribution >= 0.6 is 0 Å². The van der Waals surface area contributed by atoms with E-state index in [1.54, 1.807) is 0 Å². The zero-order valence-corrected chi connectivity index (χ0v) is 5.79. The van der Waals surface area contributed by atoms with Gasteiger partial charge >= 0.3 is 11.3 Å². The minimum Gasteiger partial charge on any atom is -0.419 e. The lowest BCUT2D eigenvalue weighted by Gasteiger charge is -1.94. The normalized spacial score (nSPS) is 10.0. The summed E-state index contributed by atoms with van der Waals surface area (Å²) in [6.45, 7) is 0.973. The Labute approximate surface area is 60.9 Å². The van der Waals surface area contributed by atoms with E-state index in [4.69, 9.17) is 5.11 Å². The Balaban J connectivity index is 3.44. The maximum atomic E-state index is 10.5. The molecule has 5 heteroatoms. The topological polar surface area (TPSA) is 80.7 Å². The number of hydrogen-bond donors (Lipinski definition) is 1. The first-order valence-electron chi connectivity index (χ1n) is 2.89. The molecule has 60 valence electrons. The summed E-state index contributed by atoms with van der Waals surface area (Å²) in [6, 6.07) is 0. The highest BCUT2D eigenvalue weighted by Gasteiger charge is 2.05. The fraction of sp³-hybridized carbons (Fsp3) is 0.333. The van der Waals surface area contributed by atoms with E-state index in [2.05, 4.69) is 8.83 Å². The number of hydrogen-bond acceptors (Lipinski definition) is 5. The smallest absolute Gasteiger partial charge is 0.419 e. The van der Waals surface area contributed by atoms with Crippen LogP contribution in [0.2, 0.25) is 0 Å². The van der Waals surface area contributed by atoms with Crippen molar-refractivity contribution in [2.24, 2.45) is 0 Å². The highest BCUT2D eigenvalue weighted by molar-refractivity contribution is 4.97. The predicted octanol–water partition coefficient (Wildman–Crippen LogP) is -0.606. The molecular formula is C6H6O5. The molecule has 0 amide bonds. The van der Waals surface area contributed by atoms with Gasteiger partial charge in [-0.2, -0.15) is 0 Å². The zero-order valence-electron chi connectivity index (χ0n) is 5.79. The van der Waals surface area contributed by atoms with Crippen LogP contribution in [-0.4, -0.2) is 5.11 Å². The van der Waals surface area contributed by atoms with E-state index in [0.717, 1.165) is 0 Å². The predicted molar refractivity (Wildman–Crippen MR) is 34.2 cm³/mol. The van der Waals surface area contributed by atoms with Crippen molar-refractivity contribution in [2.75, 3.05) is 0 Å². The van der Waals surface area contributed by atoms with E-state index < -0.39 is 17.9 Å². The van der Waals surface area contributed by atoms with Gasteiger partial charge in [0.25, 0.3) is 0 Å². The van der Waals surface area contributed by atoms with Crippen molar-refractivity contribution in [1.29, 1.82) is 0 Å². The Morgan fingerprint density at radius 2 is 1.82 bits per heavy atom. The van der Waals surface area contributed by atoms with Crippen LogP contribution < -0.4 is 11.3 Å². The van der Waals surface area contributed by atoms with Gasteiger partial charge in [-0.05, 0) is 6.92 Å². The van der Waals surface area contributed by atoms with Gasteiger partial charge in [0.15, 0.2) is 5.76 Å². The second kappa shape index (κ2) is 2.71. The second-order valence-electron chi connectivity index (χ2n) is 1.92. The van der Waals surface area contributed by atoms with Gasteiger partial charge in [-0.3, -0.25) is 0 Å². The molecule has 0 aromatic carbocycles. The van der Waals surface area contributed by atoms with Gasteiger partial charge in [0, 0.05) is 0 Å². The summed E-state index contributed by atoms with van der Waals surface area (Å²) >= 11 is 0. The molecule has 0 aliphatic rings. The molecule has 1 rings (SSSR count). The van der Waals surface area contributed by atoms with Crippen molar-refractivity contribution in [3.8, 4) is 0 Å². The molecule has 1 aromatic rings. The van der Waals surface area contributed by atoms with Crippen LogP contribution in [0.15, 0.2) is 18.4 Å². The fourth-order valence-corrected chi connectivity index (χ4v) is 0.607. The minimum atomic E-state index is -1.10. The monoisotopic (exact) mass is 158 g/mol. The molecule has 0 unspecified atom stereocenters. The molecule has 0 spiro atoms. The molecule has 1 heterocycles. The van der Waals surface area contributed by atoms with Crippen molar-refractivity contribution >= 4 is 0 Å². The molecule has 1 aromatic heterocycles. The summed E-state index contributed by atoms with van der Waals surface area (Å²) in [5.74, 6) is 0.103. The molecule has 0 radical (unpaired) electrons. The first-order valence-corrected chi connectivity index (χ1v) is 2.89. The second-order valence-corrected chi connectivity index (χ2v) is 1.92. The van der Waals surface area contributed by atoms with E-state index in [0.29, 0.717) is 0 Å². The maximum Gasteiger partial charge on any atom is 0.423 e. The van der Waals surface area contributed by atoms with Crippen LogP contribution in [-0.2, 0) is 6.61 Å². The molecule has 11 heavy (non-hydrogen) atoms. The molecule has 5 nitrogen and oxygen atoms in total. The third kappa shape index (κ3) is 1.38. The lowest BCUT2D eigenvalue weighted by Crippen LogP contribution is -2.23. The SMILES string of the molecule is Cc1oc(=O)c(=O)oc1CO. The first-order chi connectivity index (χ1) is 5.15. The van der Waals surface area contributed by atoms with Crippen LogP contribution in [0.1, 0.15) is 11.5 Å². The largest absolute Gasteiger partial charge is 0.423 e. The van der Waals surface area contributed by atoms with E-state index >= 15 is 0 Å². The van der Waals surface area contributed by atoms with Crippen LogP contribution in [0.25, 0.3) is 0 Å². The van der Waals surface area contributed by atoms with Crippen LogP contribution in [0.3, 0.4) is 0 Å². The molecule has 0 aliphatic carbocycles. The van der Waals surface area contributed by atoms with E-state index in [9.17, 15) is 9.59 Å². The summed E-state index contributed by atoms with van der Waals surface area (Å²) in [7, 11) is 0. The van der Waals surface area contributed by atoms with E-state index in [1.807, 2.05) is 0 Å². The van der Waals surface area contributed by atoms with Crippen molar-refractivity contribution in [2.45, 2.75) is 13.5 Å². The lowest BCUT2D eigenvalue weighted by molar-refractivity contribution is 0.218. The van der Waals surface area contributed by atoms with E-state index in [-0.39, 0.29) is 11.5 Å². The van der Waals surface area contributed by atoms with Gasteiger partial charge in [-0.1, -0.05) is 0 Å². The summed E-state index contributed by atoms with van der Waals surface area (Å²) in [5.41, 5.74) is -2.15. The maximum absolute atomic E-state index is 10.5. The highest BCUT2D eigenvalue weighted by Crippen LogP contribution is 1.99. The van der Waals surface area contributed by atoms with Crippen LogP contribution in [0, 0.1) is 6.92 Å². The van der Waals surface area contributed by atoms with Crippen molar-refractivity contribution in [3.63, 3.8) is 0 Å². The van der Waals surface area contributed by atoms with E-state index in [1.165, 1.54) is 6.92 Å². The lowest BCUT2D eigenvalue weighted by atomic mass is 10.4. The van der Waals surface area contributed by atoms with Gasteiger partial charge in [0.1, 0.15) is 12.4 Å². The average Bonchev–Trinajstić information content (AvgIpc) is 1.97. The average molecular weight is 158 g/mol. The molecular weight excluding hydrogens is 152 g/mol. The molecule has 0 saturated carbocycles. The minimum absolute atomic E-state index is 0.0189. The fourth-order valence-electron chi connectivity index (χ4n) is 0.607. The Morgan fingerprint density at radius 3 is 2.36 bits per heavy atom. The van der Waals surface area contributed by atoms with Gasteiger partial charge in [-0.15, -0.1) is 0 Å². The number of aryl methyl sites for hydroxylation is 1. The standard InChI is InChI=1S/C6H6O5/c1-3-4(2-7)11-6(9)5(8)10-3/h7H,2H2,1H3. The molecule has 0 bridgehead atoms. The van der Waals surface area contributed by atoms with Gasteiger partial charge in [0.2, 0.25) is 0 Å². The van der Waals surface area contributed by atoms with Crippen molar-refractivity contribution < 1.29 is 13.9 Å². The summed E-state index contributed by atoms with van der Waals surface area (Å²) in [5, 5.41) is 8.54. The number of aliphatic hydroxyl groups excluding tert-OH is 1. The first kappa shape index (κ1) is 7.74. The summed E-state index contributed by atoms with van der Waals surface area (Å²) < 4.78 is 8.78. The van der Waals surface area contributed by atoms with Gasteiger partial charge in [-0.25, -0.2) is 9.59 Å². The van der Waals surface area contributed by atoms with Crippen molar-refractivity contribution in [3.05, 3.63) is 32.4 Å². The zero-order chi connectivity index (χ0) is 8.43. The molecule has 0 aliphatic heterocycles. The number of aliphatic hydroxyl groups is 1. The Morgan fingerprint density at radius 1 is 1.27 bits per heavy atom. The molecule has 1 N–H and O–H groups in total. The third-order valence-electron chi connectivity index (χ3n) is 1.16. The summed E-state index contributed by atoms with van der Waals surface area (Å²) in [6.07, 6.45) is 0. The quantitative estimate of drug-likeness (QED) is 0.551. The third-order valence-corrected chi connectivity index (χ3v) is 1.16. The van der Waals surface area contributed by atoms with Gasteiger partial charge < -0.3 is 13.9 Å². The molecule has 0 atom stereocenters. The number of rotatable bonds is 1. The summed E-state index contributed by atoms with van der Waals surface area (Å²) in [4.78, 5) is 20.9. The Hall–Kier alpha value is -1.36. The van der Waals surface area contributed by atoms with Gasteiger partial charge in [0.05, 0.1) is 0 Å². The molecule has 0 saturated heterocycles.